The summed E-state index contributed by atoms with van der Waals surface area (Å²) >= 11 is 4.99. The Kier molecular flexibility index (Phi) is 3.12. The first-order valence-electron chi connectivity index (χ1n) is 2.85. The van der Waals surface area contributed by atoms with Crippen LogP contribution in [0.3, 0.4) is 0 Å². The van der Waals surface area contributed by atoms with Gasteiger partial charge in [0.25, 0.3) is 0 Å². The Morgan fingerprint density at radius 2 is 2.40 bits per heavy atom. The average Bonchev–Trinajstić information content (AvgIpc) is 2.31. The van der Waals surface area contributed by atoms with Crippen molar-refractivity contribution in [3.05, 3.63) is 26.9 Å². The van der Waals surface area contributed by atoms with Crippen molar-refractivity contribution in [2.45, 2.75) is 0 Å². The molecule has 10 heavy (non-hydrogen) atoms. The van der Waals surface area contributed by atoms with E-state index in [2.05, 4.69) is 15.9 Å². The number of hydrogen-bond acceptors (Lipinski definition) is 2. The van der Waals surface area contributed by atoms with Crippen LogP contribution in [0.4, 0.5) is 0 Å². The highest BCUT2D eigenvalue weighted by molar-refractivity contribution is 9.11. The molecule has 1 N–H and O–H groups in total. The maximum absolute atomic E-state index is 8.44. The van der Waals surface area contributed by atoms with E-state index in [-0.39, 0.29) is 6.61 Å². The van der Waals surface area contributed by atoms with Crippen molar-refractivity contribution in [1.82, 2.24) is 0 Å². The van der Waals surface area contributed by atoms with Gasteiger partial charge in [0.2, 0.25) is 0 Å². The van der Waals surface area contributed by atoms with Crippen LogP contribution in [0.25, 0.3) is 6.08 Å². The molecule has 0 aliphatic carbocycles. The van der Waals surface area contributed by atoms with Crippen molar-refractivity contribution < 1.29 is 5.11 Å². The summed E-state index contributed by atoms with van der Waals surface area (Å²) < 4.78 is 1.12. The second kappa shape index (κ2) is 3.91. The first kappa shape index (κ1) is 7.98. The molecule has 0 amide bonds. The molecule has 1 nitrogen and oxygen atoms in total. The first-order chi connectivity index (χ1) is 4.83. The van der Waals surface area contributed by atoms with Gasteiger partial charge in [0.15, 0.2) is 0 Å². The van der Waals surface area contributed by atoms with Crippen molar-refractivity contribution in [3.8, 4) is 0 Å². The van der Waals surface area contributed by atoms with Crippen LogP contribution in [-0.4, -0.2) is 11.7 Å². The molecule has 0 aliphatic rings. The molecule has 0 unspecified atom stereocenters. The van der Waals surface area contributed by atoms with Gasteiger partial charge >= 0.3 is 0 Å². The van der Waals surface area contributed by atoms with Gasteiger partial charge in [0.05, 0.1) is 10.4 Å². The van der Waals surface area contributed by atoms with E-state index >= 15 is 0 Å². The zero-order chi connectivity index (χ0) is 7.40. The predicted molar refractivity (Wildman–Crippen MR) is 48.1 cm³/mol. The molecule has 0 radical (unpaired) electrons. The minimum atomic E-state index is 0.107. The number of rotatable bonds is 2. The third-order valence-electron chi connectivity index (χ3n) is 0.982. The van der Waals surface area contributed by atoms with Gasteiger partial charge in [-0.25, -0.2) is 0 Å². The van der Waals surface area contributed by atoms with E-state index in [0.29, 0.717) is 0 Å². The summed E-state index contributed by atoms with van der Waals surface area (Å²) in [7, 11) is 0. The zero-order valence-corrected chi connectivity index (χ0v) is 7.65. The topological polar surface area (TPSA) is 20.2 Å². The quantitative estimate of drug-likeness (QED) is 0.810. The van der Waals surface area contributed by atoms with Crippen LogP contribution in [0.1, 0.15) is 4.88 Å². The van der Waals surface area contributed by atoms with E-state index in [1.54, 1.807) is 17.4 Å². The molecule has 0 bridgehead atoms. The normalized spacial score (nSPS) is 11.0. The Hall–Kier alpha value is -0.120. The minimum absolute atomic E-state index is 0.107. The molecule has 0 saturated carbocycles. The van der Waals surface area contributed by atoms with E-state index in [0.717, 1.165) is 8.66 Å². The lowest BCUT2D eigenvalue weighted by molar-refractivity contribution is 0.343. The molecular formula is C7H7BrOS. The second-order valence-electron chi connectivity index (χ2n) is 1.73. The largest absolute Gasteiger partial charge is 0.392 e. The molecule has 0 fully saturated rings. The molecule has 0 aromatic carbocycles. The van der Waals surface area contributed by atoms with Crippen LogP contribution in [0.15, 0.2) is 22.0 Å². The maximum atomic E-state index is 8.44. The fourth-order valence-electron chi connectivity index (χ4n) is 0.587. The number of hydrogen-bond donors (Lipinski definition) is 1. The van der Waals surface area contributed by atoms with Crippen molar-refractivity contribution >= 4 is 33.3 Å². The highest BCUT2D eigenvalue weighted by atomic mass is 79.9. The third kappa shape index (κ3) is 2.25. The Labute approximate surface area is 72.1 Å². The predicted octanol–water partition coefficient (Wildman–Crippen LogP) is 2.52. The highest BCUT2D eigenvalue weighted by Gasteiger charge is 1.90. The van der Waals surface area contributed by atoms with Crippen LogP contribution in [0, 0.1) is 0 Å². The lowest BCUT2D eigenvalue weighted by atomic mass is 10.4. The summed E-state index contributed by atoms with van der Waals surface area (Å²) in [4.78, 5) is 1.15. The molecule has 1 heterocycles. The van der Waals surface area contributed by atoms with E-state index in [9.17, 15) is 0 Å². The Morgan fingerprint density at radius 1 is 1.60 bits per heavy atom. The van der Waals surface area contributed by atoms with Gasteiger partial charge in [-0.3, -0.25) is 0 Å². The minimum Gasteiger partial charge on any atom is -0.392 e. The summed E-state index contributed by atoms with van der Waals surface area (Å²) in [6.07, 6.45) is 3.62. The highest BCUT2D eigenvalue weighted by Crippen LogP contribution is 2.22. The van der Waals surface area contributed by atoms with Gasteiger partial charge in [-0.05, 0) is 34.1 Å². The summed E-state index contributed by atoms with van der Waals surface area (Å²) in [5.74, 6) is 0. The van der Waals surface area contributed by atoms with Gasteiger partial charge in [0, 0.05) is 4.88 Å². The summed E-state index contributed by atoms with van der Waals surface area (Å²) in [6, 6.07) is 3.99. The Balaban J connectivity index is 2.67. The maximum Gasteiger partial charge on any atom is 0.0704 e. The number of halogens is 1. The van der Waals surface area contributed by atoms with E-state index in [1.165, 1.54) is 0 Å². The van der Waals surface area contributed by atoms with E-state index in [4.69, 9.17) is 5.11 Å². The SMILES string of the molecule is OCC=Cc1ccc(Br)s1. The fraction of sp³-hybridized carbons (Fsp3) is 0.143. The average molecular weight is 219 g/mol. The zero-order valence-electron chi connectivity index (χ0n) is 5.25. The molecule has 0 spiro atoms. The number of aliphatic hydroxyl groups is 1. The van der Waals surface area contributed by atoms with Crippen LogP contribution < -0.4 is 0 Å². The van der Waals surface area contributed by atoms with Gasteiger partial charge < -0.3 is 5.11 Å². The molecule has 3 heteroatoms. The van der Waals surface area contributed by atoms with Crippen molar-refractivity contribution in [1.29, 1.82) is 0 Å². The lowest BCUT2D eigenvalue weighted by Gasteiger charge is -1.79. The smallest absolute Gasteiger partial charge is 0.0704 e. The van der Waals surface area contributed by atoms with E-state index < -0.39 is 0 Å². The van der Waals surface area contributed by atoms with Gasteiger partial charge in [-0.1, -0.05) is 6.08 Å². The van der Waals surface area contributed by atoms with Crippen LogP contribution in [-0.2, 0) is 0 Å². The molecular weight excluding hydrogens is 212 g/mol. The first-order valence-corrected chi connectivity index (χ1v) is 4.46. The summed E-state index contributed by atoms with van der Waals surface area (Å²) in [6.45, 7) is 0.107. The van der Waals surface area contributed by atoms with Crippen LogP contribution in [0.5, 0.6) is 0 Å². The standard InChI is InChI=1S/C7H7BrOS/c8-7-4-3-6(10-7)2-1-5-9/h1-4,9H,5H2. The molecule has 0 atom stereocenters. The lowest BCUT2D eigenvalue weighted by Crippen LogP contribution is -1.68. The van der Waals surface area contributed by atoms with Crippen LogP contribution in [0.2, 0.25) is 0 Å². The van der Waals surface area contributed by atoms with Crippen LogP contribution >= 0.6 is 27.3 Å². The third-order valence-corrected chi connectivity index (χ3v) is 2.57. The molecule has 0 aliphatic heterocycles. The van der Waals surface area contributed by atoms with Crippen molar-refractivity contribution in [2.75, 3.05) is 6.61 Å². The van der Waals surface area contributed by atoms with Crippen molar-refractivity contribution in [2.24, 2.45) is 0 Å². The van der Waals surface area contributed by atoms with Gasteiger partial charge in [-0.15, -0.1) is 11.3 Å². The van der Waals surface area contributed by atoms with Crippen molar-refractivity contribution in [3.63, 3.8) is 0 Å². The number of thiophene rings is 1. The van der Waals surface area contributed by atoms with Gasteiger partial charge in [0.1, 0.15) is 0 Å². The molecule has 54 valence electrons. The molecule has 1 aromatic rings. The Bertz CT molecular complexity index is 229. The molecule has 1 aromatic heterocycles. The second-order valence-corrected chi connectivity index (χ2v) is 4.22. The fourth-order valence-corrected chi connectivity index (χ4v) is 1.94. The Morgan fingerprint density at radius 3 is 2.90 bits per heavy atom. The monoisotopic (exact) mass is 218 g/mol. The summed E-state index contributed by atoms with van der Waals surface area (Å²) in [5, 5.41) is 8.44. The molecule has 0 saturated heterocycles. The molecule has 1 rings (SSSR count). The summed E-state index contributed by atoms with van der Waals surface area (Å²) in [5.41, 5.74) is 0. The van der Waals surface area contributed by atoms with E-state index in [1.807, 2.05) is 18.2 Å². The van der Waals surface area contributed by atoms with Gasteiger partial charge in [-0.2, -0.15) is 0 Å². The number of aliphatic hydroxyl groups excluding tert-OH is 1.